The van der Waals surface area contributed by atoms with Gasteiger partial charge < -0.3 is 34.9 Å². The summed E-state index contributed by atoms with van der Waals surface area (Å²) in [6.45, 7) is 12.0. The Balaban J connectivity index is 1.50. The van der Waals surface area contributed by atoms with E-state index in [9.17, 15) is 14.7 Å². The number of ether oxygens (including phenoxy) is 3. The van der Waals surface area contributed by atoms with Crippen LogP contribution in [0.5, 0.6) is 0 Å². The Morgan fingerprint density at radius 2 is 1.34 bits per heavy atom. The maximum atomic E-state index is 12.4. The highest BCUT2D eigenvalue weighted by Crippen LogP contribution is 2.42. The van der Waals surface area contributed by atoms with Crippen molar-refractivity contribution in [2.45, 2.75) is 136 Å². The maximum Gasteiger partial charge on any atom is 0.325 e. The molecule has 4 unspecified atom stereocenters. The lowest BCUT2D eigenvalue weighted by atomic mass is 9.89. The van der Waals surface area contributed by atoms with Crippen molar-refractivity contribution in [3.8, 4) is 11.1 Å². The molecular weight excluding hydrogens is 703 g/mol. The first-order valence-corrected chi connectivity index (χ1v) is 21.4. The molecular formula is C47H69N3O6. The fraction of sp³-hybridized carbons (Fsp3) is 0.574. The van der Waals surface area contributed by atoms with Gasteiger partial charge in [0.05, 0.1) is 25.4 Å². The summed E-state index contributed by atoms with van der Waals surface area (Å²) in [5.74, 6) is -0.351. The molecule has 1 saturated heterocycles. The average molecular weight is 772 g/mol. The number of carbonyl (C=O) groups is 2. The van der Waals surface area contributed by atoms with E-state index in [2.05, 4.69) is 72.7 Å². The van der Waals surface area contributed by atoms with Crippen molar-refractivity contribution in [1.29, 1.82) is 0 Å². The van der Waals surface area contributed by atoms with Crippen LogP contribution in [0.3, 0.4) is 0 Å². The molecule has 0 bridgehead atoms. The number of urea groups is 1. The molecule has 4 atom stereocenters. The Hall–Kier alpha value is -3.76. The quantitative estimate of drug-likeness (QED) is 0.0581. The van der Waals surface area contributed by atoms with Crippen LogP contribution in [0.1, 0.15) is 139 Å². The highest BCUT2D eigenvalue weighted by molar-refractivity contribution is 5.81. The lowest BCUT2D eigenvalue weighted by Gasteiger charge is -2.43. The second kappa shape index (κ2) is 25.5. The molecule has 0 aromatic heterocycles. The normalized spacial score (nSPS) is 18.2. The monoisotopic (exact) mass is 772 g/mol. The van der Waals surface area contributed by atoms with Crippen molar-refractivity contribution in [3.63, 3.8) is 0 Å². The van der Waals surface area contributed by atoms with Crippen molar-refractivity contribution < 1.29 is 28.9 Å². The van der Waals surface area contributed by atoms with Crippen molar-refractivity contribution in [2.24, 2.45) is 5.92 Å². The number of aliphatic hydroxyl groups is 1. The van der Waals surface area contributed by atoms with Gasteiger partial charge in [-0.1, -0.05) is 158 Å². The molecule has 0 saturated carbocycles. The van der Waals surface area contributed by atoms with E-state index in [-0.39, 0.29) is 37.9 Å². The minimum absolute atomic E-state index is 0.00971. The number of nitrogens with one attached hydrogen (secondary N) is 2. The number of amides is 2. The van der Waals surface area contributed by atoms with E-state index in [1.165, 1.54) is 77.0 Å². The predicted octanol–water partition coefficient (Wildman–Crippen LogP) is 10.0. The van der Waals surface area contributed by atoms with Crippen molar-refractivity contribution in [3.05, 3.63) is 95.1 Å². The Bertz CT molecular complexity index is 1530. The molecule has 9 nitrogen and oxygen atoms in total. The Morgan fingerprint density at radius 3 is 1.96 bits per heavy atom. The first-order chi connectivity index (χ1) is 27.4. The standard InChI is InChI=1S/C47H69N3O6/c1-5-8-10-12-14-18-30-50(31-19-15-13-11-9-6-2)34-43-36(4)45(39-24-22-37(35-51)23-25-39)56-46(55-43)40-28-26-38(27-29-40)42-21-17-16-20-41(42)32-48-47(53)49-33-44(52)54-7-3/h16-17,20-29,36,43,45-46,51H,5-15,18-19,30-35H2,1-4H3,(H2,48,49,53). The van der Waals surface area contributed by atoms with E-state index in [4.69, 9.17) is 14.2 Å². The third kappa shape index (κ3) is 15.0. The molecule has 0 radical (unpaired) electrons. The number of hydrogen-bond donors (Lipinski definition) is 3. The van der Waals surface area contributed by atoms with Gasteiger partial charge in [-0.25, -0.2) is 4.79 Å². The number of unbranched alkanes of at least 4 members (excludes halogenated alkanes) is 10. The zero-order valence-electron chi connectivity index (χ0n) is 34.6. The molecule has 0 spiro atoms. The number of carbonyl (C=O) groups excluding carboxylic acids is 2. The fourth-order valence-corrected chi connectivity index (χ4v) is 7.49. The van der Waals surface area contributed by atoms with Gasteiger partial charge in [0.1, 0.15) is 6.54 Å². The fourth-order valence-electron chi connectivity index (χ4n) is 7.49. The van der Waals surface area contributed by atoms with Crippen molar-refractivity contribution in [1.82, 2.24) is 15.5 Å². The summed E-state index contributed by atoms with van der Waals surface area (Å²) in [5, 5.41) is 15.1. The lowest BCUT2D eigenvalue weighted by molar-refractivity contribution is -0.276. The molecule has 1 aliphatic heterocycles. The van der Waals surface area contributed by atoms with Gasteiger partial charge in [-0.15, -0.1) is 0 Å². The Labute approximate surface area is 336 Å². The van der Waals surface area contributed by atoms with Crippen LogP contribution < -0.4 is 10.6 Å². The van der Waals surface area contributed by atoms with E-state index >= 15 is 0 Å². The summed E-state index contributed by atoms with van der Waals surface area (Å²) < 4.78 is 18.7. The molecule has 56 heavy (non-hydrogen) atoms. The molecule has 1 fully saturated rings. The SMILES string of the molecule is CCCCCCCCN(CCCCCCCC)CC1OC(c2ccc(-c3ccccc3CNC(=O)NCC(=O)OCC)cc2)OC(c2ccc(CO)cc2)C1C. The average Bonchev–Trinajstić information content (AvgIpc) is 3.22. The topological polar surface area (TPSA) is 109 Å². The second-order valence-electron chi connectivity index (χ2n) is 15.3. The van der Waals surface area contributed by atoms with Gasteiger partial charge in [0, 0.05) is 24.6 Å². The third-order valence-electron chi connectivity index (χ3n) is 10.9. The van der Waals surface area contributed by atoms with Crippen LogP contribution in [0.25, 0.3) is 11.1 Å². The molecule has 0 aliphatic carbocycles. The zero-order valence-corrected chi connectivity index (χ0v) is 34.6. The van der Waals surface area contributed by atoms with E-state index in [0.717, 1.165) is 53.0 Å². The Morgan fingerprint density at radius 1 is 0.732 bits per heavy atom. The van der Waals surface area contributed by atoms with Gasteiger partial charge in [0.15, 0.2) is 6.29 Å². The summed E-state index contributed by atoms with van der Waals surface area (Å²) in [5.41, 5.74) is 5.90. The second-order valence-corrected chi connectivity index (χ2v) is 15.3. The maximum absolute atomic E-state index is 12.4. The Kier molecular flexibility index (Phi) is 20.5. The summed E-state index contributed by atoms with van der Waals surface area (Å²) >= 11 is 0. The molecule has 3 N–H and O–H groups in total. The highest BCUT2D eigenvalue weighted by Gasteiger charge is 2.39. The smallest absolute Gasteiger partial charge is 0.325 e. The van der Waals surface area contributed by atoms with E-state index in [0.29, 0.717) is 6.54 Å². The molecule has 1 aliphatic rings. The molecule has 3 aromatic rings. The molecule has 3 aromatic carbocycles. The van der Waals surface area contributed by atoms with Gasteiger partial charge in [0.2, 0.25) is 0 Å². The van der Waals surface area contributed by atoms with Gasteiger partial charge >= 0.3 is 12.0 Å². The number of nitrogens with zero attached hydrogens (tertiary/aromatic N) is 1. The number of aliphatic hydroxyl groups excluding tert-OH is 1. The molecule has 1 heterocycles. The van der Waals surface area contributed by atoms with Gasteiger partial charge in [-0.2, -0.15) is 0 Å². The van der Waals surface area contributed by atoms with Gasteiger partial charge in [0.25, 0.3) is 0 Å². The number of benzene rings is 3. The van der Waals surface area contributed by atoms with Crippen molar-refractivity contribution >= 4 is 12.0 Å². The zero-order chi connectivity index (χ0) is 40.0. The van der Waals surface area contributed by atoms with Gasteiger partial charge in [-0.3, -0.25) is 4.79 Å². The van der Waals surface area contributed by atoms with Crippen molar-refractivity contribution in [2.75, 3.05) is 32.8 Å². The van der Waals surface area contributed by atoms with Crippen LogP contribution in [0.2, 0.25) is 0 Å². The van der Waals surface area contributed by atoms with Crippen LogP contribution in [0.4, 0.5) is 4.79 Å². The van der Waals surface area contributed by atoms with Crippen LogP contribution in [0, 0.1) is 5.92 Å². The summed E-state index contributed by atoms with van der Waals surface area (Å²) in [6.07, 6.45) is 14.7. The lowest BCUT2D eigenvalue weighted by Crippen LogP contribution is -2.45. The van der Waals surface area contributed by atoms with Gasteiger partial charge in [-0.05, 0) is 60.7 Å². The van der Waals surface area contributed by atoms with Crippen LogP contribution in [-0.4, -0.2) is 60.9 Å². The summed E-state index contributed by atoms with van der Waals surface area (Å²) in [4.78, 5) is 26.7. The molecule has 2 amide bonds. The first-order valence-electron chi connectivity index (χ1n) is 21.4. The summed E-state index contributed by atoms with van der Waals surface area (Å²) in [6, 6.07) is 24.0. The number of rotatable bonds is 25. The number of esters is 1. The minimum atomic E-state index is -0.544. The molecule has 308 valence electrons. The van der Waals surface area contributed by atoms with Crippen LogP contribution >= 0.6 is 0 Å². The number of hydrogen-bond acceptors (Lipinski definition) is 7. The van der Waals surface area contributed by atoms with E-state index < -0.39 is 18.3 Å². The third-order valence-corrected chi connectivity index (χ3v) is 10.9. The van der Waals surface area contributed by atoms with E-state index in [1.807, 2.05) is 36.4 Å². The first kappa shape index (κ1) is 44.9. The summed E-state index contributed by atoms with van der Waals surface area (Å²) in [7, 11) is 0. The van der Waals surface area contributed by atoms with Crippen LogP contribution in [0.15, 0.2) is 72.8 Å². The predicted molar refractivity (Wildman–Crippen MR) is 225 cm³/mol. The van der Waals surface area contributed by atoms with Crippen LogP contribution in [-0.2, 0) is 32.2 Å². The molecule has 4 rings (SSSR count). The van der Waals surface area contributed by atoms with E-state index in [1.54, 1.807) is 6.92 Å². The highest BCUT2D eigenvalue weighted by atomic mass is 16.7. The minimum Gasteiger partial charge on any atom is -0.465 e. The molecule has 9 heteroatoms. The largest absolute Gasteiger partial charge is 0.465 e.